The standard InChI is InChI=1S/C56H52N6O10/c1-68-34-35-71-55(67)61-45-25-18-38(15-14-37-16-21-42(69-2)22-17-37)36-44(45)56(53(61)66)46(51(64)59-28-30-60(31-29-59)54-57-26-9-27-58-54)48-52(65)72-49(40-12-7-4-8-13-40)47(39-10-5-3-6-11-39)62(48)50(56)41-19-23-43(24-20-41)70-33-32-63/h3-13,16-27,36,46-50,63H,28-35H2,1-2H3/t46-,47-,48-,49+,50+,56-/m1/s1. The third kappa shape index (κ3) is 8.65. The molecule has 6 atom stereocenters. The SMILES string of the molecule is COCCOC(=O)N1C(=O)[C@@]2(c3cc(C#Cc4ccc(OC)cc4)ccc31)[C@H](c1ccc(OCCO)cc1)N1[C@H](c3ccccc3)[C@H](c3ccccc3)OC(=O)[C@H]1[C@@H]2C(=O)N1CCN(c2ncccn2)CC1. The maximum absolute atomic E-state index is 16.6. The van der Waals surface area contributed by atoms with Gasteiger partial charge in [0.2, 0.25) is 17.8 Å². The summed E-state index contributed by atoms with van der Waals surface area (Å²) in [6.07, 6.45) is 1.43. The first kappa shape index (κ1) is 47.6. The number of hydrogen-bond donors (Lipinski definition) is 1. The Kier molecular flexibility index (Phi) is 13.7. The summed E-state index contributed by atoms with van der Waals surface area (Å²) in [6.45, 7) is 0.853. The van der Waals surface area contributed by atoms with E-state index in [1.165, 1.54) is 7.11 Å². The van der Waals surface area contributed by atoms with Crippen molar-refractivity contribution in [3.8, 4) is 23.3 Å². The molecule has 16 heteroatoms. The van der Waals surface area contributed by atoms with E-state index in [4.69, 9.17) is 23.7 Å². The minimum absolute atomic E-state index is 0.0359. The molecule has 0 saturated carbocycles. The summed E-state index contributed by atoms with van der Waals surface area (Å²) in [5, 5.41) is 9.65. The zero-order valence-electron chi connectivity index (χ0n) is 39.7. The van der Waals surface area contributed by atoms with Gasteiger partial charge in [0.15, 0.2) is 0 Å². The molecule has 1 N–H and O–H groups in total. The van der Waals surface area contributed by atoms with Crippen molar-refractivity contribution < 1.29 is 48.0 Å². The maximum Gasteiger partial charge on any atom is 0.421 e. The highest BCUT2D eigenvalue weighted by Gasteiger charge is 2.76. The van der Waals surface area contributed by atoms with Crippen molar-refractivity contribution in [1.82, 2.24) is 19.8 Å². The van der Waals surface area contributed by atoms with Gasteiger partial charge in [-0.25, -0.2) is 19.7 Å². The Labute approximate surface area is 416 Å². The van der Waals surface area contributed by atoms with Gasteiger partial charge in [-0.15, -0.1) is 0 Å². The van der Waals surface area contributed by atoms with Crippen molar-refractivity contribution in [3.05, 3.63) is 179 Å². The number of morpholine rings is 1. The number of rotatable bonds is 12. The molecule has 3 saturated heterocycles. The fourth-order valence-corrected chi connectivity index (χ4v) is 10.7. The first-order valence-electron chi connectivity index (χ1n) is 23.8. The van der Waals surface area contributed by atoms with E-state index >= 15 is 14.4 Å². The van der Waals surface area contributed by atoms with E-state index in [-0.39, 0.29) is 45.2 Å². The van der Waals surface area contributed by atoms with Crippen LogP contribution in [0.25, 0.3) is 0 Å². The Morgan fingerprint density at radius 1 is 0.722 bits per heavy atom. The number of carbonyl (C=O) groups excluding carboxylic acids is 4. The molecule has 5 heterocycles. The number of aromatic nitrogens is 2. The van der Waals surface area contributed by atoms with Crippen molar-refractivity contribution in [2.45, 2.75) is 29.6 Å². The van der Waals surface area contributed by atoms with Gasteiger partial charge >= 0.3 is 12.1 Å². The number of aliphatic hydroxyl groups excluding tert-OH is 1. The van der Waals surface area contributed by atoms with Gasteiger partial charge in [-0.05, 0) is 82.9 Å². The fourth-order valence-electron chi connectivity index (χ4n) is 10.7. The number of methoxy groups -OCH3 is 2. The van der Waals surface area contributed by atoms with E-state index in [0.717, 1.165) is 10.5 Å². The van der Waals surface area contributed by atoms with Crippen molar-refractivity contribution in [2.24, 2.45) is 5.92 Å². The lowest BCUT2D eigenvalue weighted by molar-refractivity contribution is -0.179. The molecule has 4 aliphatic rings. The molecule has 0 bridgehead atoms. The molecular formula is C56H52N6O10. The summed E-state index contributed by atoms with van der Waals surface area (Å²) in [6, 6.07) is 36.9. The van der Waals surface area contributed by atoms with E-state index in [1.807, 2.05) is 82.6 Å². The van der Waals surface area contributed by atoms with E-state index in [9.17, 15) is 9.90 Å². The van der Waals surface area contributed by atoms with Crippen LogP contribution in [0.1, 0.15) is 51.6 Å². The Bertz CT molecular complexity index is 2980. The zero-order valence-corrected chi connectivity index (χ0v) is 39.7. The highest BCUT2D eigenvalue weighted by atomic mass is 16.6. The van der Waals surface area contributed by atoms with Gasteiger partial charge in [0.05, 0.1) is 44.0 Å². The van der Waals surface area contributed by atoms with Crippen molar-refractivity contribution in [3.63, 3.8) is 0 Å². The van der Waals surface area contributed by atoms with Crippen molar-refractivity contribution in [1.29, 1.82) is 0 Å². The summed E-state index contributed by atoms with van der Waals surface area (Å²) < 4.78 is 28.9. The number of ether oxygens (including phenoxy) is 5. The second kappa shape index (κ2) is 20.7. The number of esters is 1. The van der Waals surface area contributed by atoms with Gasteiger partial charge < -0.3 is 38.6 Å². The predicted molar refractivity (Wildman–Crippen MR) is 264 cm³/mol. The summed E-state index contributed by atoms with van der Waals surface area (Å²) in [5.41, 5.74) is 1.64. The normalized spacial score (nSPS) is 22.4. The summed E-state index contributed by atoms with van der Waals surface area (Å²) in [5.74, 6) is 4.69. The van der Waals surface area contributed by atoms with Crippen LogP contribution in [0, 0.1) is 17.8 Å². The Hall–Kier alpha value is -8.10. The van der Waals surface area contributed by atoms with Gasteiger partial charge in [0.1, 0.15) is 42.3 Å². The summed E-state index contributed by atoms with van der Waals surface area (Å²) in [7, 11) is 3.06. The molecule has 4 aliphatic heterocycles. The number of nitrogens with zero attached hydrogens (tertiary/aromatic N) is 6. The molecule has 0 radical (unpaired) electrons. The Balaban J connectivity index is 1.23. The number of carbonyl (C=O) groups is 4. The minimum atomic E-state index is -2.03. The number of benzene rings is 5. The smallest absolute Gasteiger partial charge is 0.421 e. The van der Waals surface area contributed by atoms with Crippen molar-refractivity contribution in [2.75, 3.05) is 76.6 Å². The number of cyclic esters (lactones) is 1. The lowest BCUT2D eigenvalue weighted by Crippen LogP contribution is -2.59. The van der Waals surface area contributed by atoms with Crippen LogP contribution < -0.4 is 19.3 Å². The van der Waals surface area contributed by atoms with E-state index in [1.54, 1.807) is 85.1 Å². The fraction of sp³-hybridized carbons (Fsp3) is 0.286. The maximum atomic E-state index is 16.6. The van der Waals surface area contributed by atoms with Crippen LogP contribution in [-0.2, 0) is 34.0 Å². The number of piperazine rings is 1. The Morgan fingerprint density at radius 3 is 2.04 bits per heavy atom. The largest absolute Gasteiger partial charge is 0.497 e. The predicted octanol–water partition coefficient (Wildman–Crippen LogP) is 6.05. The first-order chi connectivity index (χ1) is 35.3. The monoisotopic (exact) mass is 968 g/mol. The highest BCUT2D eigenvalue weighted by Crippen LogP contribution is 2.66. The first-order valence-corrected chi connectivity index (χ1v) is 23.8. The zero-order chi connectivity index (χ0) is 49.8. The molecule has 3 amide bonds. The van der Waals surface area contributed by atoms with Gasteiger partial charge in [0, 0.05) is 56.8 Å². The lowest BCUT2D eigenvalue weighted by Gasteiger charge is -2.46. The average Bonchev–Trinajstić information content (AvgIpc) is 3.89. The molecular weight excluding hydrogens is 917 g/mol. The van der Waals surface area contributed by atoms with E-state index < -0.39 is 59.4 Å². The molecule has 0 aliphatic carbocycles. The van der Waals surface area contributed by atoms with Crippen LogP contribution in [0.2, 0.25) is 0 Å². The number of anilines is 2. The third-order valence-corrected chi connectivity index (χ3v) is 13.8. The molecule has 10 rings (SSSR count). The van der Waals surface area contributed by atoms with E-state index in [2.05, 4.69) is 21.8 Å². The van der Waals surface area contributed by atoms with Gasteiger partial charge in [0.25, 0.3) is 0 Å². The topological polar surface area (TPSA) is 173 Å². The number of hydrogen-bond acceptors (Lipinski definition) is 14. The molecule has 3 fully saturated rings. The van der Waals surface area contributed by atoms with Gasteiger partial charge in [-0.1, -0.05) is 84.6 Å². The number of imide groups is 1. The van der Waals surface area contributed by atoms with Crippen molar-refractivity contribution >= 4 is 35.5 Å². The molecule has 1 aromatic heterocycles. The van der Waals surface area contributed by atoms with Crippen LogP contribution in [0.4, 0.5) is 16.4 Å². The molecule has 16 nitrogen and oxygen atoms in total. The molecule has 366 valence electrons. The minimum Gasteiger partial charge on any atom is -0.497 e. The average molecular weight is 969 g/mol. The van der Waals surface area contributed by atoms with E-state index in [0.29, 0.717) is 58.4 Å². The molecule has 6 aromatic rings. The van der Waals surface area contributed by atoms with Crippen LogP contribution >= 0.6 is 0 Å². The number of fused-ring (bicyclic) bond motifs is 3. The van der Waals surface area contributed by atoms with Crippen LogP contribution in [-0.4, -0.2) is 122 Å². The second-order valence-electron chi connectivity index (χ2n) is 17.7. The second-order valence-corrected chi connectivity index (χ2v) is 17.7. The third-order valence-electron chi connectivity index (χ3n) is 13.8. The molecule has 5 aromatic carbocycles. The summed E-state index contributed by atoms with van der Waals surface area (Å²) >= 11 is 0. The van der Waals surface area contributed by atoms with Gasteiger partial charge in [-0.2, -0.15) is 0 Å². The van der Waals surface area contributed by atoms with Crippen LogP contribution in [0.15, 0.2) is 146 Å². The Morgan fingerprint density at radius 2 is 1.38 bits per heavy atom. The van der Waals surface area contributed by atoms with Crippen LogP contribution in [0.5, 0.6) is 11.5 Å². The molecule has 72 heavy (non-hydrogen) atoms. The molecule has 1 spiro atoms. The highest BCUT2D eigenvalue weighted by molar-refractivity contribution is 6.23. The summed E-state index contributed by atoms with van der Waals surface area (Å²) in [4.78, 5) is 78.7. The lowest BCUT2D eigenvalue weighted by atomic mass is 9.65. The number of amides is 3. The number of aliphatic hydroxyl groups is 1. The van der Waals surface area contributed by atoms with Crippen LogP contribution in [0.3, 0.4) is 0 Å². The quantitative estimate of drug-likeness (QED) is 0.0853. The van der Waals surface area contributed by atoms with Gasteiger partial charge in [-0.3, -0.25) is 19.3 Å². The molecule has 0 unspecified atom stereocenters.